The molecule has 2 heterocycles. The monoisotopic (exact) mass is 378 g/mol. The number of rotatable bonds is 5. The maximum absolute atomic E-state index is 12.8. The fourth-order valence-corrected chi connectivity index (χ4v) is 3.53. The largest absolute Gasteiger partial charge is 0.384 e. The highest BCUT2D eigenvalue weighted by Gasteiger charge is 2.33. The van der Waals surface area contributed by atoms with E-state index >= 15 is 0 Å². The molecule has 0 aliphatic carbocycles. The van der Waals surface area contributed by atoms with E-state index in [1.807, 2.05) is 35.8 Å². The number of anilines is 1. The van der Waals surface area contributed by atoms with Crippen LogP contribution in [0.4, 0.5) is 5.69 Å². The van der Waals surface area contributed by atoms with E-state index in [4.69, 9.17) is 11.6 Å². The maximum Gasteiger partial charge on any atom is 0.209 e. The molecule has 27 heavy (non-hydrogen) atoms. The molecule has 0 radical (unpaired) electrons. The number of ketones is 2. The van der Waals surface area contributed by atoms with Gasteiger partial charge in [0.2, 0.25) is 5.78 Å². The molecule has 1 aliphatic heterocycles. The minimum absolute atomic E-state index is 0.0739. The van der Waals surface area contributed by atoms with E-state index in [0.29, 0.717) is 35.1 Å². The third-order valence-electron chi connectivity index (χ3n) is 4.95. The first-order valence-electron chi connectivity index (χ1n) is 8.87. The van der Waals surface area contributed by atoms with Crippen molar-refractivity contribution < 1.29 is 9.59 Å². The highest BCUT2D eigenvalue weighted by Crippen LogP contribution is 2.26. The van der Waals surface area contributed by atoms with Crippen LogP contribution in [0.15, 0.2) is 60.7 Å². The average molecular weight is 379 g/mol. The Morgan fingerprint density at radius 3 is 2.48 bits per heavy atom. The van der Waals surface area contributed by atoms with Crippen LogP contribution in [0.25, 0.3) is 0 Å². The molecule has 3 aromatic rings. The standard InChI is InChI=1S/C22H19ClN2O2/c1-14-2-8-18(9-3-14)24-12-16-13-25-19(10-11-20(25)22(16)27)21(26)15-4-6-17(23)7-5-15/h2-11,16,24H,12-13H2,1H3/t16-/m1/s1. The molecule has 1 aromatic heterocycles. The molecule has 136 valence electrons. The van der Waals surface area contributed by atoms with Crippen LogP contribution in [0.3, 0.4) is 0 Å². The molecule has 4 rings (SSSR count). The number of hydrogen-bond acceptors (Lipinski definition) is 3. The van der Waals surface area contributed by atoms with Gasteiger partial charge in [-0.05, 0) is 55.5 Å². The minimum Gasteiger partial charge on any atom is -0.384 e. The molecule has 0 saturated heterocycles. The fourth-order valence-electron chi connectivity index (χ4n) is 3.41. The summed E-state index contributed by atoms with van der Waals surface area (Å²) in [5.74, 6) is -0.207. The summed E-state index contributed by atoms with van der Waals surface area (Å²) in [6, 6.07) is 18.4. The topological polar surface area (TPSA) is 51.1 Å². The van der Waals surface area contributed by atoms with Crippen LogP contribution in [-0.4, -0.2) is 22.7 Å². The van der Waals surface area contributed by atoms with Crippen LogP contribution in [-0.2, 0) is 6.54 Å². The number of carbonyl (C=O) groups is 2. The first kappa shape index (κ1) is 17.6. The van der Waals surface area contributed by atoms with Gasteiger partial charge in [0.25, 0.3) is 0 Å². The predicted octanol–water partition coefficient (Wildman–Crippen LogP) is 4.61. The number of carbonyl (C=O) groups excluding carboxylic acids is 2. The van der Waals surface area contributed by atoms with Crippen LogP contribution in [0, 0.1) is 12.8 Å². The quantitative estimate of drug-likeness (QED) is 0.660. The van der Waals surface area contributed by atoms with E-state index in [9.17, 15) is 9.59 Å². The van der Waals surface area contributed by atoms with Gasteiger partial charge >= 0.3 is 0 Å². The first-order valence-corrected chi connectivity index (χ1v) is 9.25. The summed E-state index contributed by atoms with van der Waals surface area (Å²) in [7, 11) is 0. The Balaban J connectivity index is 1.50. The zero-order chi connectivity index (χ0) is 19.0. The molecule has 0 unspecified atom stereocenters. The molecular formula is C22H19ClN2O2. The molecule has 1 atom stereocenters. The minimum atomic E-state index is -0.181. The third kappa shape index (κ3) is 3.40. The maximum atomic E-state index is 12.8. The molecule has 0 spiro atoms. The van der Waals surface area contributed by atoms with Crippen molar-refractivity contribution in [1.29, 1.82) is 0 Å². The van der Waals surface area contributed by atoms with Gasteiger partial charge in [-0.1, -0.05) is 29.3 Å². The number of aromatic nitrogens is 1. The molecule has 0 amide bonds. The summed E-state index contributed by atoms with van der Waals surface area (Å²) < 4.78 is 1.83. The van der Waals surface area contributed by atoms with Crippen LogP contribution in [0.5, 0.6) is 0 Å². The van der Waals surface area contributed by atoms with Crippen molar-refractivity contribution >= 4 is 28.9 Å². The molecule has 0 bridgehead atoms. The summed E-state index contributed by atoms with van der Waals surface area (Å²) in [6.07, 6.45) is 0. The number of nitrogens with zero attached hydrogens (tertiary/aromatic N) is 1. The van der Waals surface area contributed by atoms with Gasteiger partial charge in [-0.2, -0.15) is 0 Å². The normalized spacial score (nSPS) is 15.6. The van der Waals surface area contributed by atoms with Crippen molar-refractivity contribution in [1.82, 2.24) is 4.57 Å². The SMILES string of the molecule is Cc1ccc(NC[C@@H]2Cn3c(C(=O)c4ccc(Cl)cc4)ccc3C2=O)cc1. The Morgan fingerprint density at radius 1 is 1.07 bits per heavy atom. The van der Waals surface area contributed by atoms with E-state index in [1.54, 1.807) is 36.4 Å². The lowest BCUT2D eigenvalue weighted by atomic mass is 10.0. The lowest BCUT2D eigenvalue weighted by Gasteiger charge is -2.12. The smallest absolute Gasteiger partial charge is 0.209 e. The predicted molar refractivity (Wildman–Crippen MR) is 107 cm³/mol. The third-order valence-corrected chi connectivity index (χ3v) is 5.20. The zero-order valence-electron chi connectivity index (χ0n) is 14.9. The van der Waals surface area contributed by atoms with E-state index in [2.05, 4.69) is 5.32 Å². The second-order valence-electron chi connectivity index (χ2n) is 6.86. The molecule has 0 saturated carbocycles. The van der Waals surface area contributed by atoms with Crippen molar-refractivity contribution in [2.24, 2.45) is 5.92 Å². The highest BCUT2D eigenvalue weighted by molar-refractivity contribution is 6.30. The first-order chi connectivity index (χ1) is 13.0. The Kier molecular flexibility index (Phi) is 4.58. The van der Waals surface area contributed by atoms with Gasteiger partial charge in [-0.25, -0.2) is 0 Å². The molecule has 1 N–H and O–H groups in total. The van der Waals surface area contributed by atoms with Crippen molar-refractivity contribution in [3.05, 3.63) is 88.2 Å². The number of hydrogen-bond donors (Lipinski definition) is 1. The van der Waals surface area contributed by atoms with Crippen LogP contribution in [0.2, 0.25) is 5.02 Å². The van der Waals surface area contributed by atoms with Crippen molar-refractivity contribution in [2.45, 2.75) is 13.5 Å². The number of fused-ring (bicyclic) bond motifs is 1. The van der Waals surface area contributed by atoms with Crippen LogP contribution >= 0.6 is 11.6 Å². The summed E-state index contributed by atoms with van der Waals surface area (Å²) in [6.45, 7) is 3.09. The molecular weight excluding hydrogens is 360 g/mol. The molecule has 2 aromatic carbocycles. The second kappa shape index (κ2) is 7.05. The molecule has 5 heteroatoms. The lowest BCUT2D eigenvalue weighted by Crippen LogP contribution is -2.21. The van der Waals surface area contributed by atoms with Crippen LogP contribution < -0.4 is 5.32 Å². The summed E-state index contributed by atoms with van der Waals surface area (Å²) in [4.78, 5) is 25.5. The van der Waals surface area contributed by atoms with E-state index < -0.39 is 0 Å². The Hall–Kier alpha value is -2.85. The van der Waals surface area contributed by atoms with Crippen molar-refractivity contribution in [2.75, 3.05) is 11.9 Å². The van der Waals surface area contributed by atoms with Gasteiger partial charge in [0.05, 0.1) is 17.3 Å². The van der Waals surface area contributed by atoms with Gasteiger partial charge in [0, 0.05) is 29.4 Å². The number of Topliss-reactive ketones (excluding diaryl/α,β-unsaturated/α-hetero) is 1. The molecule has 1 aliphatic rings. The summed E-state index contributed by atoms with van der Waals surface area (Å²) in [5.41, 5.74) is 3.89. The Bertz CT molecular complexity index is 1000. The van der Waals surface area contributed by atoms with Gasteiger partial charge in [-0.15, -0.1) is 0 Å². The summed E-state index contributed by atoms with van der Waals surface area (Å²) in [5, 5.41) is 3.91. The van der Waals surface area contributed by atoms with Crippen molar-refractivity contribution in [3.63, 3.8) is 0 Å². The van der Waals surface area contributed by atoms with Crippen molar-refractivity contribution in [3.8, 4) is 0 Å². The number of halogens is 1. The molecule has 4 nitrogen and oxygen atoms in total. The summed E-state index contributed by atoms with van der Waals surface area (Å²) >= 11 is 5.90. The average Bonchev–Trinajstić information content (AvgIpc) is 3.22. The van der Waals surface area contributed by atoms with E-state index in [0.717, 1.165) is 5.69 Å². The van der Waals surface area contributed by atoms with E-state index in [-0.39, 0.29) is 17.5 Å². The Labute approximate surface area is 162 Å². The number of benzene rings is 2. The van der Waals surface area contributed by atoms with Gasteiger partial charge < -0.3 is 9.88 Å². The fraction of sp³-hybridized carbons (Fsp3) is 0.182. The zero-order valence-corrected chi connectivity index (χ0v) is 15.7. The van der Waals surface area contributed by atoms with Gasteiger partial charge in [0.1, 0.15) is 0 Å². The molecule has 0 fully saturated rings. The number of nitrogens with one attached hydrogen (secondary N) is 1. The lowest BCUT2D eigenvalue weighted by molar-refractivity contribution is 0.0941. The van der Waals surface area contributed by atoms with Crippen LogP contribution in [0.1, 0.15) is 32.1 Å². The number of aryl methyl sites for hydroxylation is 1. The second-order valence-corrected chi connectivity index (χ2v) is 7.29. The van der Waals surface area contributed by atoms with Gasteiger partial charge in [-0.3, -0.25) is 9.59 Å². The Morgan fingerprint density at radius 2 is 1.78 bits per heavy atom. The highest BCUT2D eigenvalue weighted by atomic mass is 35.5. The van der Waals surface area contributed by atoms with Gasteiger partial charge in [0.15, 0.2) is 5.78 Å². The van der Waals surface area contributed by atoms with E-state index in [1.165, 1.54) is 5.56 Å².